The molecule has 0 bridgehead atoms. The van der Waals surface area contributed by atoms with Crippen LogP contribution in [0.5, 0.6) is 0 Å². The SMILES string of the molecule is CCn1cnc(S(=O)(=O)NC(CCO)C(=O)O)c1. The Morgan fingerprint density at radius 1 is 1.61 bits per heavy atom. The van der Waals surface area contributed by atoms with E-state index in [0.29, 0.717) is 6.54 Å². The first-order valence-corrected chi connectivity index (χ1v) is 6.76. The first kappa shape index (κ1) is 14.6. The summed E-state index contributed by atoms with van der Waals surface area (Å²) in [5, 5.41) is 17.2. The van der Waals surface area contributed by atoms with Crippen LogP contribution in [0.2, 0.25) is 0 Å². The standard InChI is InChI=1S/C9H15N3O5S/c1-2-12-5-8(10-6-12)18(16,17)11-7(3-4-13)9(14)15/h5-7,11,13H,2-4H2,1H3,(H,14,15). The number of nitrogens with zero attached hydrogens (tertiary/aromatic N) is 2. The van der Waals surface area contributed by atoms with Crippen molar-refractivity contribution in [2.75, 3.05) is 6.61 Å². The third kappa shape index (κ3) is 3.52. The maximum Gasteiger partial charge on any atom is 0.321 e. The van der Waals surface area contributed by atoms with Crippen molar-refractivity contribution in [2.24, 2.45) is 0 Å². The highest BCUT2D eigenvalue weighted by Gasteiger charge is 2.26. The van der Waals surface area contributed by atoms with E-state index in [-0.39, 0.29) is 11.4 Å². The van der Waals surface area contributed by atoms with Crippen LogP contribution in [0.15, 0.2) is 17.6 Å². The Morgan fingerprint density at radius 3 is 2.72 bits per heavy atom. The topological polar surface area (TPSA) is 122 Å². The Morgan fingerprint density at radius 2 is 2.28 bits per heavy atom. The number of sulfonamides is 1. The van der Waals surface area contributed by atoms with E-state index in [1.54, 1.807) is 4.57 Å². The number of carboxylic acids is 1. The van der Waals surface area contributed by atoms with Gasteiger partial charge in [-0.2, -0.15) is 4.72 Å². The van der Waals surface area contributed by atoms with Crippen LogP contribution in [0.1, 0.15) is 13.3 Å². The molecule has 18 heavy (non-hydrogen) atoms. The number of rotatable bonds is 7. The molecule has 1 aromatic heterocycles. The lowest BCUT2D eigenvalue weighted by molar-refractivity contribution is -0.139. The molecule has 9 heteroatoms. The number of carboxylic acid groups (broad SMARTS) is 1. The van der Waals surface area contributed by atoms with E-state index >= 15 is 0 Å². The first-order chi connectivity index (χ1) is 8.40. The van der Waals surface area contributed by atoms with Gasteiger partial charge in [0.1, 0.15) is 6.04 Å². The van der Waals surface area contributed by atoms with Gasteiger partial charge in [-0.05, 0) is 13.3 Å². The highest BCUT2D eigenvalue weighted by Crippen LogP contribution is 2.07. The summed E-state index contributed by atoms with van der Waals surface area (Å²) < 4.78 is 27.2. The molecule has 0 saturated carbocycles. The van der Waals surface area contributed by atoms with Crippen molar-refractivity contribution < 1.29 is 23.4 Å². The summed E-state index contributed by atoms with van der Waals surface area (Å²) in [4.78, 5) is 14.5. The normalized spacial score (nSPS) is 13.4. The van der Waals surface area contributed by atoms with E-state index in [9.17, 15) is 13.2 Å². The van der Waals surface area contributed by atoms with Crippen molar-refractivity contribution in [1.82, 2.24) is 14.3 Å². The molecule has 1 rings (SSSR count). The molecule has 0 saturated heterocycles. The fourth-order valence-corrected chi connectivity index (χ4v) is 2.43. The minimum atomic E-state index is -3.99. The lowest BCUT2D eigenvalue weighted by atomic mass is 10.2. The van der Waals surface area contributed by atoms with Gasteiger partial charge in [0.05, 0.1) is 6.33 Å². The van der Waals surface area contributed by atoms with Crippen molar-refractivity contribution in [3.63, 3.8) is 0 Å². The Kier molecular flexibility index (Phi) is 4.82. The molecule has 0 amide bonds. The average molecular weight is 277 g/mol. The van der Waals surface area contributed by atoms with Crippen LogP contribution in [0.4, 0.5) is 0 Å². The van der Waals surface area contributed by atoms with Crippen LogP contribution in [0.3, 0.4) is 0 Å². The van der Waals surface area contributed by atoms with Gasteiger partial charge in [-0.1, -0.05) is 0 Å². The zero-order valence-corrected chi connectivity index (χ0v) is 10.6. The number of aromatic nitrogens is 2. The summed E-state index contributed by atoms with van der Waals surface area (Å²) in [6, 6.07) is -1.37. The highest BCUT2D eigenvalue weighted by molar-refractivity contribution is 7.89. The quantitative estimate of drug-likeness (QED) is 0.588. The fourth-order valence-electron chi connectivity index (χ4n) is 1.26. The number of aryl methyl sites for hydroxylation is 1. The molecular weight excluding hydrogens is 262 g/mol. The van der Waals surface area contributed by atoms with E-state index in [2.05, 4.69) is 4.98 Å². The number of hydrogen-bond donors (Lipinski definition) is 3. The monoisotopic (exact) mass is 277 g/mol. The molecule has 3 N–H and O–H groups in total. The molecule has 1 aromatic rings. The van der Waals surface area contributed by atoms with E-state index < -0.39 is 28.6 Å². The molecule has 1 heterocycles. The van der Waals surface area contributed by atoms with Gasteiger partial charge in [0, 0.05) is 19.3 Å². The van der Waals surface area contributed by atoms with Crippen LogP contribution in [0.25, 0.3) is 0 Å². The molecule has 0 radical (unpaired) electrons. The van der Waals surface area contributed by atoms with Gasteiger partial charge in [0.15, 0.2) is 5.03 Å². The van der Waals surface area contributed by atoms with Crippen LogP contribution >= 0.6 is 0 Å². The van der Waals surface area contributed by atoms with Crippen molar-refractivity contribution in [2.45, 2.75) is 31.0 Å². The maximum absolute atomic E-state index is 11.8. The van der Waals surface area contributed by atoms with Crippen LogP contribution < -0.4 is 4.72 Å². The molecule has 1 atom stereocenters. The van der Waals surface area contributed by atoms with Crippen LogP contribution in [-0.4, -0.2) is 46.8 Å². The summed E-state index contributed by atoms with van der Waals surface area (Å²) in [7, 11) is -3.99. The maximum atomic E-state index is 11.8. The minimum absolute atomic E-state index is 0.205. The summed E-state index contributed by atoms with van der Waals surface area (Å²) in [5.41, 5.74) is 0. The van der Waals surface area contributed by atoms with Crippen molar-refractivity contribution >= 4 is 16.0 Å². The molecule has 8 nitrogen and oxygen atoms in total. The zero-order valence-electron chi connectivity index (χ0n) is 9.78. The number of imidazole rings is 1. The van der Waals surface area contributed by atoms with Gasteiger partial charge in [0.2, 0.25) is 0 Å². The summed E-state index contributed by atoms with van der Waals surface area (Å²) in [6.07, 6.45) is 2.44. The molecule has 0 aliphatic carbocycles. The van der Waals surface area contributed by atoms with Crippen molar-refractivity contribution in [1.29, 1.82) is 0 Å². The summed E-state index contributed by atoms with van der Waals surface area (Å²) >= 11 is 0. The van der Waals surface area contributed by atoms with E-state index in [4.69, 9.17) is 10.2 Å². The van der Waals surface area contributed by atoms with E-state index in [1.165, 1.54) is 12.5 Å². The van der Waals surface area contributed by atoms with E-state index in [1.807, 2.05) is 11.6 Å². The number of aliphatic carboxylic acids is 1. The van der Waals surface area contributed by atoms with Crippen molar-refractivity contribution in [3.05, 3.63) is 12.5 Å². The first-order valence-electron chi connectivity index (χ1n) is 5.28. The predicted molar refractivity (Wildman–Crippen MR) is 61.3 cm³/mol. The molecule has 1 unspecified atom stereocenters. The Bertz CT molecular complexity index is 510. The molecule has 0 aliphatic heterocycles. The van der Waals surface area contributed by atoms with Crippen LogP contribution in [0, 0.1) is 0 Å². The Labute approximate surface area is 104 Å². The van der Waals surface area contributed by atoms with Gasteiger partial charge in [0.25, 0.3) is 10.0 Å². The largest absolute Gasteiger partial charge is 0.480 e. The third-order valence-corrected chi connectivity index (χ3v) is 3.62. The number of carbonyl (C=O) groups is 1. The van der Waals surface area contributed by atoms with E-state index in [0.717, 1.165) is 0 Å². The molecular formula is C9H15N3O5S. The van der Waals surface area contributed by atoms with Gasteiger partial charge in [-0.3, -0.25) is 4.79 Å². The third-order valence-electron chi connectivity index (χ3n) is 2.26. The molecule has 102 valence electrons. The number of nitrogens with one attached hydrogen (secondary N) is 1. The second-order valence-electron chi connectivity index (χ2n) is 3.57. The number of aliphatic hydroxyl groups excluding tert-OH is 1. The Hall–Kier alpha value is -1.45. The lowest BCUT2D eigenvalue weighted by Crippen LogP contribution is -2.41. The average Bonchev–Trinajstić information content (AvgIpc) is 2.77. The van der Waals surface area contributed by atoms with Crippen molar-refractivity contribution in [3.8, 4) is 0 Å². The fraction of sp³-hybridized carbons (Fsp3) is 0.556. The zero-order chi connectivity index (χ0) is 13.8. The number of aliphatic hydroxyl groups is 1. The van der Waals surface area contributed by atoms with Gasteiger partial charge < -0.3 is 14.8 Å². The smallest absolute Gasteiger partial charge is 0.321 e. The molecule has 0 fully saturated rings. The molecule has 0 aliphatic rings. The summed E-state index contributed by atoms with van der Waals surface area (Å²) in [5.74, 6) is -1.34. The lowest BCUT2D eigenvalue weighted by Gasteiger charge is -2.11. The second kappa shape index (κ2) is 5.94. The van der Waals surface area contributed by atoms with Gasteiger partial charge in [-0.15, -0.1) is 0 Å². The molecule has 0 spiro atoms. The minimum Gasteiger partial charge on any atom is -0.480 e. The Balaban J connectivity index is 2.89. The predicted octanol–water partition coefficient (Wildman–Crippen LogP) is -0.983. The molecule has 0 aromatic carbocycles. The second-order valence-corrected chi connectivity index (χ2v) is 5.23. The van der Waals surface area contributed by atoms with Gasteiger partial charge in [-0.25, -0.2) is 13.4 Å². The summed E-state index contributed by atoms with van der Waals surface area (Å²) in [6.45, 7) is 1.95. The highest BCUT2D eigenvalue weighted by atomic mass is 32.2. The number of hydrogen-bond acceptors (Lipinski definition) is 5. The van der Waals surface area contributed by atoms with Crippen LogP contribution in [-0.2, 0) is 21.4 Å². The van der Waals surface area contributed by atoms with Gasteiger partial charge >= 0.3 is 5.97 Å².